The highest BCUT2D eigenvalue weighted by atomic mass is 16.5. The number of carbonyl (C=O) groups excluding carboxylic acids is 2. The lowest BCUT2D eigenvalue weighted by Crippen LogP contribution is -2.31. The third-order valence-corrected chi connectivity index (χ3v) is 2.93. The summed E-state index contributed by atoms with van der Waals surface area (Å²) in [4.78, 5) is 23.7. The number of nitrogens with two attached hydrogens (primary N) is 1. The third-order valence-electron chi connectivity index (χ3n) is 2.93. The lowest BCUT2D eigenvalue weighted by Gasteiger charge is -2.06. The zero-order valence-electron chi connectivity index (χ0n) is 11.6. The van der Waals surface area contributed by atoms with E-state index in [1.807, 2.05) is 0 Å². The molecule has 21 heavy (non-hydrogen) atoms. The van der Waals surface area contributed by atoms with Gasteiger partial charge in [-0.05, 0) is 35.9 Å². The van der Waals surface area contributed by atoms with Crippen molar-refractivity contribution in [3.63, 3.8) is 0 Å². The molecule has 0 atom stereocenters. The molecule has 2 rings (SSSR count). The molecule has 3 N–H and O–H groups in total. The van der Waals surface area contributed by atoms with Crippen molar-refractivity contribution in [1.29, 1.82) is 0 Å². The Hall–Kier alpha value is -2.82. The van der Waals surface area contributed by atoms with Crippen molar-refractivity contribution in [2.75, 3.05) is 12.8 Å². The van der Waals surface area contributed by atoms with E-state index in [2.05, 4.69) is 5.32 Å². The van der Waals surface area contributed by atoms with Gasteiger partial charge in [-0.1, -0.05) is 18.2 Å². The van der Waals surface area contributed by atoms with Crippen LogP contribution >= 0.6 is 0 Å². The molecule has 0 aliphatic carbocycles. The minimum atomic E-state index is -0.458. The summed E-state index contributed by atoms with van der Waals surface area (Å²) in [6.45, 7) is 0. The second-order valence-electron chi connectivity index (χ2n) is 4.53. The smallest absolute Gasteiger partial charge is 0.257 e. The van der Waals surface area contributed by atoms with Gasteiger partial charge in [-0.15, -0.1) is 0 Å². The SMILES string of the molecule is COc1ccc(CC(=O)NC(=O)c2cccc(N)c2)cc1. The monoisotopic (exact) mass is 284 g/mol. The van der Waals surface area contributed by atoms with Crippen LogP contribution in [0.4, 0.5) is 5.69 Å². The van der Waals surface area contributed by atoms with Gasteiger partial charge >= 0.3 is 0 Å². The van der Waals surface area contributed by atoms with Gasteiger partial charge in [0.2, 0.25) is 5.91 Å². The average molecular weight is 284 g/mol. The third kappa shape index (κ3) is 4.07. The average Bonchev–Trinajstić information content (AvgIpc) is 2.48. The molecule has 0 saturated heterocycles. The lowest BCUT2D eigenvalue weighted by atomic mass is 10.1. The van der Waals surface area contributed by atoms with E-state index >= 15 is 0 Å². The fraction of sp³-hybridized carbons (Fsp3) is 0.125. The van der Waals surface area contributed by atoms with Crippen LogP contribution in [0.2, 0.25) is 0 Å². The lowest BCUT2D eigenvalue weighted by molar-refractivity contribution is -0.119. The van der Waals surface area contributed by atoms with E-state index in [9.17, 15) is 9.59 Å². The maximum atomic E-state index is 11.9. The molecule has 0 spiro atoms. The first kappa shape index (κ1) is 14.6. The molecule has 0 radical (unpaired) electrons. The van der Waals surface area contributed by atoms with Crippen molar-refractivity contribution in [3.8, 4) is 5.75 Å². The number of methoxy groups -OCH3 is 1. The molecule has 0 heterocycles. The van der Waals surface area contributed by atoms with E-state index in [-0.39, 0.29) is 12.3 Å². The molecule has 0 fully saturated rings. The van der Waals surface area contributed by atoms with E-state index in [4.69, 9.17) is 10.5 Å². The van der Waals surface area contributed by atoms with Crippen molar-refractivity contribution in [3.05, 3.63) is 59.7 Å². The van der Waals surface area contributed by atoms with Gasteiger partial charge in [0.1, 0.15) is 5.75 Å². The van der Waals surface area contributed by atoms with Crippen molar-refractivity contribution in [1.82, 2.24) is 5.32 Å². The summed E-state index contributed by atoms with van der Waals surface area (Å²) in [5, 5.41) is 2.34. The molecule has 0 saturated carbocycles. The molecule has 2 aromatic carbocycles. The van der Waals surface area contributed by atoms with E-state index in [1.165, 1.54) is 6.07 Å². The Kier molecular flexibility index (Phi) is 4.56. The van der Waals surface area contributed by atoms with Gasteiger partial charge in [-0.2, -0.15) is 0 Å². The van der Waals surface area contributed by atoms with E-state index in [0.717, 1.165) is 11.3 Å². The number of anilines is 1. The van der Waals surface area contributed by atoms with Crippen LogP contribution in [0.1, 0.15) is 15.9 Å². The molecule has 0 aromatic heterocycles. The van der Waals surface area contributed by atoms with Crippen LogP contribution in [0.15, 0.2) is 48.5 Å². The Labute approximate surface area is 122 Å². The Balaban J connectivity index is 1.96. The van der Waals surface area contributed by atoms with Crippen LogP contribution in [-0.4, -0.2) is 18.9 Å². The van der Waals surface area contributed by atoms with Crippen LogP contribution in [0, 0.1) is 0 Å². The number of rotatable bonds is 4. The molecule has 2 aromatic rings. The second kappa shape index (κ2) is 6.56. The quantitative estimate of drug-likeness (QED) is 0.838. The standard InChI is InChI=1S/C16H16N2O3/c1-21-14-7-5-11(6-8-14)9-15(19)18-16(20)12-3-2-4-13(17)10-12/h2-8,10H,9,17H2,1H3,(H,18,19,20). The van der Waals surface area contributed by atoms with E-state index in [0.29, 0.717) is 11.3 Å². The normalized spacial score (nSPS) is 9.95. The molecular formula is C16H16N2O3. The molecule has 5 heteroatoms. The molecule has 108 valence electrons. The number of nitrogen functional groups attached to an aromatic ring is 1. The number of carbonyl (C=O) groups is 2. The summed E-state index contributed by atoms with van der Waals surface area (Å²) >= 11 is 0. The zero-order chi connectivity index (χ0) is 15.2. The molecular weight excluding hydrogens is 268 g/mol. The number of hydrogen-bond donors (Lipinski definition) is 2. The van der Waals surface area contributed by atoms with Crippen LogP contribution in [0.3, 0.4) is 0 Å². The van der Waals surface area contributed by atoms with Crippen LogP contribution in [0.5, 0.6) is 5.75 Å². The number of amides is 2. The Morgan fingerprint density at radius 1 is 1.14 bits per heavy atom. The summed E-state index contributed by atoms with van der Waals surface area (Å²) in [5.74, 6) is -0.108. The topological polar surface area (TPSA) is 81.4 Å². The van der Waals surface area contributed by atoms with Gasteiger partial charge in [-0.3, -0.25) is 14.9 Å². The zero-order valence-corrected chi connectivity index (χ0v) is 11.6. The second-order valence-corrected chi connectivity index (χ2v) is 4.53. The number of hydrogen-bond acceptors (Lipinski definition) is 4. The molecule has 5 nitrogen and oxygen atoms in total. The van der Waals surface area contributed by atoms with Gasteiger partial charge in [0.25, 0.3) is 5.91 Å². The predicted octanol–water partition coefficient (Wildman–Crippen LogP) is 1.78. The van der Waals surface area contributed by atoms with E-state index < -0.39 is 5.91 Å². The molecule has 0 aliphatic heterocycles. The van der Waals surface area contributed by atoms with Gasteiger partial charge < -0.3 is 10.5 Å². The fourth-order valence-corrected chi connectivity index (χ4v) is 1.85. The van der Waals surface area contributed by atoms with Crippen LogP contribution in [0.25, 0.3) is 0 Å². The molecule has 0 aliphatic rings. The molecule has 2 amide bonds. The van der Waals surface area contributed by atoms with Gasteiger partial charge in [-0.25, -0.2) is 0 Å². The molecule has 0 bridgehead atoms. The number of benzene rings is 2. The van der Waals surface area contributed by atoms with Gasteiger partial charge in [0, 0.05) is 11.3 Å². The number of nitrogens with one attached hydrogen (secondary N) is 1. The van der Waals surface area contributed by atoms with Crippen LogP contribution in [-0.2, 0) is 11.2 Å². The first-order valence-corrected chi connectivity index (χ1v) is 6.41. The van der Waals surface area contributed by atoms with Gasteiger partial charge in [0.15, 0.2) is 0 Å². The van der Waals surface area contributed by atoms with Crippen molar-refractivity contribution < 1.29 is 14.3 Å². The first-order valence-electron chi connectivity index (χ1n) is 6.41. The van der Waals surface area contributed by atoms with Crippen LogP contribution < -0.4 is 15.8 Å². The Bertz CT molecular complexity index is 651. The number of ether oxygens (including phenoxy) is 1. The summed E-state index contributed by atoms with van der Waals surface area (Å²) in [6.07, 6.45) is 0.123. The minimum absolute atomic E-state index is 0.123. The maximum absolute atomic E-state index is 11.9. The van der Waals surface area contributed by atoms with Crippen molar-refractivity contribution in [2.45, 2.75) is 6.42 Å². The molecule has 0 unspecified atom stereocenters. The highest BCUT2D eigenvalue weighted by Crippen LogP contribution is 2.12. The maximum Gasteiger partial charge on any atom is 0.257 e. The summed E-state index contributed by atoms with van der Waals surface area (Å²) in [7, 11) is 1.58. The minimum Gasteiger partial charge on any atom is -0.497 e. The van der Waals surface area contributed by atoms with E-state index in [1.54, 1.807) is 49.6 Å². The summed E-state index contributed by atoms with van der Waals surface area (Å²) in [5.41, 5.74) is 7.24. The fourth-order valence-electron chi connectivity index (χ4n) is 1.85. The summed E-state index contributed by atoms with van der Waals surface area (Å²) < 4.78 is 5.04. The first-order chi connectivity index (χ1) is 10.1. The predicted molar refractivity (Wildman–Crippen MR) is 80.0 cm³/mol. The highest BCUT2D eigenvalue weighted by molar-refractivity contribution is 6.05. The summed E-state index contributed by atoms with van der Waals surface area (Å²) in [6, 6.07) is 13.6. The Morgan fingerprint density at radius 2 is 1.86 bits per heavy atom. The number of imide groups is 1. The largest absolute Gasteiger partial charge is 0.497 e. The van der Waals surface area contributed by atoms with Crippen molar-refractivity contribution in [2.24, 2.45) is 0 Å². The van der Waals surface area contributed by atoms with Gasteiger partial charge in [0.05, 0.1) is 13.5 Å². The Morgan fingerprint density at radius 3 is 2.48 bits per heavy atom. The van der Waals surface area contributed by atoms with Crippen molar-refractivity contribution >= 4 is 17.5 Å². The highest BCUT2D eigenvalue weighted by Gasteiger charge is 2.11.